The van der Waals surface area contributed by atoms with Gasteiger partial charge in [0.2, 0.25) is 5.91 Å². The third kappa shape index (κ3) is 3.58. The molecule has 3 atom stereocenters. The summed E-state index contributed by atoms with van der Waals surface area (Å²) >= 11 is 1.47. The van der Waals surface area contributed by atoms with E-state index in [2.05, 4.69) is 12.2 Å². The number of amides is 1. The van der Waals surface area contributed by atoms with Crippen molar-refractivity contribution in [2.75, 3.05) is 12.4 Å². The van der Waals surface area contributed by atoms with E-state index >= 15 is 0 Å². The van der Waals surface area contributed by atoms with Crippen LogP contribution in [0.4, 0.5) is 5.00 Å². The van der Waals surface area contributed by atoms with E-state index in [0.29, 0.717) is 16.5 Å². The molecular formula is C22H29NO5S. The number of methoxy groups -OCH3 is 1. The fraction of sp³-hybridized carbons (Fsp3) is 0.682. The Bertz CT molecular complexity index is 823. The minimum atomic E-state index is -0.871. The number of ether oxygens (including phenoxy) is 1. The second-order valence-electron chi connectivity index (χ2n) is 8.77. The van der Waals surface area contributed by atoms with Gasteiger partial charge < -0.3 is 15.2 Å². The highest BCUT2D eigenvalue weighted by Crippen LogP contribution is 2.50. The summed E-state index contributed by atoms with van der Waals surface area (Å²) in [5, 5.41) is 13.3. The van der Waals surface area contributed by atoms with E-state index in [0.717, 1.165) is 61.8 Å². The van der Waals surface area contributed by atoms with Crippen molar-refractivity contribution in [3.8, 4) is 0 Å². The van der Waals surface area contributed by atoms with Gasteiger partial charge in [0.25, 0.3) is 0 Å². The van der Waals surface area contributed by atoms with Gasteiger partial charge in [0.05, 0.1) is 24.5 Å². The van der Waals surface area contributed by atoms with Gasteiger partial charge in [-0.15, -0.1) is 11.3 Å². The van der Waals surface area contributed by atoms with Crippen LogP contribution in [0.1, 0.15) is 66.2 Å². The minimum Gasteiger partial charge on any atom is -0.481 e. The molecule has 0 unspecified atom stereocenters. The first-order chi connectivity index (χ1) is 13.9. The third-order valence-electron chi connectivity index (χ3n) is 7.38. The molecule has 7 heteroatoms. The van der Waals surface area contributed by atoms with Crippen LogP contribution in [0, 0.1) is 29.6 Å². The lowest BCUT2D eigenvalue weighted by Crippen LogP contribution is -2.49. The summed E-state index contributed by atoms with van der Waals surface area (Å²) in [4.78, 5) is 38.8. The molecule has 4 aliphatic carbocycles. The van der Waals surface area contributed by atoms with Crippen LogP contribution in [0.3, 0.4) is 0 Å². The Morgan fingerprint density at radius 1 is 1.10 bits per heavy atom. The minimum absolute atomic E-state index is 0.0789. The molecule has 1 amide bonds. The molecule has 0 radical (unpaired) electrons. The highest BCUT2D eigenvalue weighted by Gasteiger charge is 2.50. The van der Waals surface area contributed by atoms with Crippen LogP contribution >= 0.6 is 11.3 Å². The van der Waals surface area contributed by atoms with Gasteiger partial charge >= 0.3 is 11.9 Å². The largest absolute Gasteiger partial charge is 0.481 e. The van der Waals surface area contributed by atoms with Gasteiger partial charge in [-0.05, 0) is 68.3 Å². The summed E-state index contributed by atoms with van der Waals surface area (Å²) < 4.78 is 5.01. The molecule has 0 aromatic carbocycles. The predicted molar refractivity (Wildman–Crippen MR) is 110 cm³/mol. The van der Waals surface area contributed by atoms with Crippen LogP contribution in [0.5, 0.6) is 0 Å². The molecule has 0 aliphatic heterocycles. The maximum atomic E-state index is 13.2. The SMILES string of the molecule is CC[C@@H]1CCc2c(sc(NC(=O)[C@@H]3C4CCC(CC4)[C@@H]3C(=O)O)c2C(=O)OC)C1. The lowest BCUT2D eigenvalue weighted by Gasteiger charge is -2.45. The molecule has 158 valence electrons. The zero-order valence-corrected chi connectivity index (χ0v) is 17.8. The Kier molecular flexibility index (Phi) is 5.69. The van der Waals surface area contributed by atoms with Crippen molar-refractivity contribution >= 4 is 34.2 Å². The smallest absolute Gasteiger partial charge is 0.341 e. The van der Waals surface area contributed by atoms with Crippen molar-refractivity contribution in [2.45, 2.75) is 58.3 Å². The first-order valence-corrected chi connectivity index (χ1v) is 11.5. The number of carboxylic acid groups (broad SMARTS) is 1. The number of fused-ring (bicyclic) bond motifs is 4. The van der Waals surface area contributed by atoms with E-state index in [1.165, 1.54) is 18.4 Å². The van der Waals surface area contributed by atoms with E-state index in [-0.39, 0.29) is 17.7 Å². The lowest BCUT2D eigenvalue weighted by molar-refractivity contribution is -0.156. The highest BCUT2D eigenvalue weighted by molar-refractivity contribution is 7.17. The first kappa shape index (κ1) is 20.4. The average Bonchev–Trinajstić information content (AvgIpc) is 3.09. The van der Waals surface area contributed by atoms with E-state index in [1.54, 1.807) is 0 Å². The Balaban J connectivity index is 1.63. The number of hydrogen-bond donors (Lipinski definition) is 2. The molecule has 3 saturated carbocycles. The van der Waals surface area contributed by atoms with Gasteiger partial charge in [-0.3, -0.25) is 9.59 Å². The standard InChI is InChI=1S/C22H29NO5S/c1-3-11-4-9-14-15(10-11)29-20(18(14)22(27)28-2)23-19(24)16-12-5-7-13(8-6-12)17(16)21(25)26/h11-13,16-17H,3-10H2,1-2H3,(H,23,24)(H,25,26)/t11-,12?,13?,16-,17+/m1/s1. The summed E-state index contributed by atoms with van der Waals surface area (Å²) in [7, 11) is 1.36. The number of carboxylic acids is 1. The Morgan fingerprint density at radius 3 is 2.34 bits per heavy atom. The van der Waals surface area contributed by atoms with Crippen molar-refractivity contribution in [3.63, 3.8) is 0 Å². The summed E-state index contributed by atoms with van der Waals surface area (Å²) in [6.45, 7) is 2.18. The van der Waals surface area contributed by atoms with Crippen LogP contribution in [-0.2, 0) is 27.2 Å². The van der Waals surface area contributed by atoms with Gasteiger partial charge in [0.1, 0.15) is 5.00 Å². The molecule has 1 aromatic rings. The Hall–Kier alpha value is -1.89. The van der Waals surface area contributed by atoms with Crippen LogP contribution in [0.25, 0.3) is 0 Å². The first-order valence-electron chi connectivity index (χ1n) is 10.7. The molecule has 5 rings (SSSR count). The molecule has 2 bridgehead atoms. The summed E-state index contributed by atoms with van der Waals surface area (Å²) in [6, 6.07) is 0. The Labute approximate surface area is 175 Å². The number of carbonyl (C=O) groups excluding carboxylic acids is 2. The van der Waals surface area contributed by atoms with Crippen LogP contribution in [-0.4, -0.2) is 30.1 Å². The molecule has 0 spiro atoms. The van der Waals surface area contributed by atoms with Crippen molar-refractivity contribution in [1.82, 2.24) is 0 Å². The average molecular weight is 420 g/mol. The quantitative estimate of drug-likeness (QED) is 0.700. The molecule has 6 nitrogen and oxygen atoms in total. The maximum Gasteiger partial charge on any atom is 0.341 e. The van der Waals surface area contributed by atoms with Gasteiger partial charge in [-0.2, -0.15) is 0 Å². The third-order valence-corrected chi connectivity index (χ3v) is 8.55. The van der Waals surface area contributed by atoms with Crippen LogP contribution < -0.4 is 5.32 Å². The number of anilines is 1. The highest BCUT2D eigenvalue weighted by atomic mass is 32.1. The molecule has 4 aliphatic rings. The number of hydrogen-bond acceptors (Lipinski definition) is 5. The van der Waals surface area contributed by atoms with Gasteiger partial charge in [-0.25, -0.2) is 4.79 Å². The monoisotopic (exact) mass is 419 g/mol. The number of thiophene rings is 1. The zero-order valence-electron chi connectivity index (χ0n) is 17.0. The fourth-order valence-electron chi connectivity index (χ4n) is 5.79. The molecule has 1 aromatic heterocycles. The molecule has 2 N–H and O–H groups in total. The summed E-state index contributed by atoms with van der Waals surface area (Å²) in [6.07, 6.45) is 7.47. The number of carbonyl (C=O) groups is 3. The van der Waals surface area contributed by atoms with E-state index < -0.39 is 23.8 Å². The molecule has 29 heavy (non-hydrogen) atoms. The number of rotatable bonds is 5. The van der Waals surface area contributed by atoms with Crippen LogP contribution in [0.2, 0.25) is 0 Å². The van der Waals surface area contributed by atoms with Crippen molar-refractivity contribution in [1.29, 1.82) is 0 Å². The Morgan fingerprint density at radius 2 is 1.76 bits per heavy atom. The van der Waals surface area contributed by atoms with Crippen LogP contribution in [0.15, 0.2) is 0 Å². The zero-order chi connectivity index (χ0) is 20.7. The number of nitrogens with one attached hydrogen (secondary N) is 1. The topological polar surface area (TPSA) is 92.7 Å². The normalized spacial score (nSPS) is 30.5. The fourth-order valence-corrected chi connectivity index (χ4v) is 7.14. The number of esters is 1. The predicted octanol–water partition coefficient (Wildman–Crippen LogP) is 4.13. The second kappa shape index (κ2) is 8.09. The summed E-state index contributed by atoms with van der Waals surface area (Å²) in [5.74, 6) is -1.90. The van der Waals surface area contributed by atoms with Crippen molar-refractivity contribution in [3.05, 3.63) is 16.0 Å². The summed E-state index contributed by atoms with van der Waals surface area (Å²) in [5.41, 5.74) is 1.48. The molecule has 1 heterocycles. The van der Waals surface area contributed by atoms with Gasteiger partial charge in [-0.1, -0.05) is 13.3 Å². The van der Waals surface area contributed by atoms with E-state index in [4.69, 9.17) is 4.74 Å². The van der Waals surface area contributed by atoms with Crippen molar-refractivity contribution < 1.29 is 24.2 Å². The van der Waals surface area contributed by atoms with Gasteiger partial charge in [0, 0.05) is 4.88 Å². The molecule has 0 saturated heterocycles. The maximum absolute atomic E-state index is 13.2. The van der Waals surface area contributed by atoms with Crippen molar-refractivity contribution in [2.24, 2.45) is 29.6 Å². The second-order valence-corrected chi connectivity index (χ2v) is 9.88. The van der Waals surface area contributed by atoms with E-state index in [9.17, 15) is 19.5 Å². The molecular weight excluding hydrogens is 390 g/mol. The number of aliphatic carboxylic acids is 1. The molecule has 3 fully saturated rings. The lowest BCUT2D eigenvalue weighted by atomic mass is 9.58. The van der Waals surface area contributed by atoms with E-state index in [1.807, 2.05) is 0 Å². The van der Waals surface area contributed by atoms with Gasteiger partial charge in [0.15, 0.2) is 0 Å².